The summed E-state index contributed by atoms with van der Waals surface area (Å²) in [7, 11) is 4.03. The summed E-state index contributed by atoms with van der Waals surface area (Å²) in [5.74, 6) is 0. The molecular formula is C33H26N3O+. The smallest absolute Gasteiger partial charge is 0.216 e. The van der Waals surface area contributed by atoms with E-state index >= 15 is 0 Å². The third kappa shape index (κ3) is 3.73. The van der Waals surface area contributed by atoms with E-state index in [9.17, 15) is 5.26 Å². The maximum atomic E-state index is 10.0. The van der Waals surface area contributed by atoms with Crippen molar-refractivity contribution in [2.24, 2.45) is 7.05 Å². The highest BCUT2D eigenvalue weighted by Crippen LogP contribution is 2.43. The first kappa shape index (κ1) is 22.6. The summed E-state index contributed by atoms with van der Waals surface area (Å²) in [6, 6.07) is 35.4. The first-order valence-corrected chi connectivity index (χ1v) is 12.3. The van der Waals surface area contributed by atoms with Gasteiger partial charge in [-0.25, -0.2) is 4.57 Å². The molecule has 0 amide bonds. The van der Waals surface area contributed by atoms with Crippen molar-refractivity contribution in [3.63, 3.8) is 0 Å². The molecule has 0 N–H and O–H groups in total. The third-order valence-corrected chi connectivity index (χ3v) is 7.12. The number of aryl methyl sites for hydroxylation is 2. The molecule has 37 heavy (non-hydrogen) atoms. The van der Waals surface area contributed by atoms with Crippen LogP contribution in [0.3, 0.4) is 0 Å². The van der Waals surface area contributed by atoms with Crippen molar-refractivity contribution in [2.45, 2.75) is 6.92 Å². The number of rotatable bonds is 4. The van der Waals surface area contributed by atoms with Crippen molar-refractivity contribution in [3.05, 3.63) is 114 Å². The SMILES string of the molecule is Cc1ccc2c(oc3c(N(C)c4ccc(-c5ccccc5)cc4)c(C#N)ccc32)c1-c1cccc[n+]1C. The van der Waals surface area contributed by atoms with Gasteiger partial charge in [0, 0.05) is 35.6 Å². The number of furan rings is 1. The number of aromatic nitrogens is 1. The second kappa shape index (κ2) is 8.96. The molecule has 0 spiro atoms. The first-order valence-electron chi connectivity index (χ1n) is 12.3. The van der Waals surface area contributed by atoms with Crippen LogP contribution in [0.25, 0.3) is 44.3 Å². The van der Waals surface area contributed by atoms with E-state index in [1.54, 1.807) is 0 Å². The van der Waals surface area contributed by atoms with Gasteiger partial charge in [0.05, 0.1) is 11.1 Å². The highest BCUT2D eigenvalue weighted by molar-refractivity contribution is 6.13. The Morgan fingerprint density at radius 2 is 1.43 bits per heavy atom. The van der Waals surface area contributed by atoms with Crippen LogP contribution in [-0.2, 0) is 7.05 Å². The Morgan fingerprint density at radius 3 is 2.16 bits per heavy atom. The van der Waals surface area contributed by atoms with E-state index in [4.69, 9.17) is 4.42 Å². The molecule has 0 bridgehead atoms. The molecule has 0 aliphatic heterocycles. The quantitative estimate of drug-likeness (QED) is 0.243. The molecule has 0 saturated heterocycles. The Kier molecular flexibility index (Phi) is 5.47. The Labute approximate surface area is 216 Å². The lowest BCUT2D eigenvalue weighted by Gasteiger charge is -2.21. The van der Waals surface area contributed by atoms with E-state index in [1.165, 1.54) is 5.56 Å². The van der Waals surface area contributed by atoms with Crippen LogP contribution < -0.4 is 9.47 Å². The third-order valence-electron chi connectivity index (χ3n) is 7.12. The zero-order valence-corrected chi connectivity index (χ0v) is 21.1. The topological polar surface area (TPSA) is 44.1 Å². The van der Waals surface area contributed by atoms with Crippen LogP contribution in [0.4, 0.5) is 11.4 Å². The van der Waals surface area contributed by atoms with Gasteiger partial charge >= 0.3 is 0 Å². The highest BCUT2D eigenvalue weighted by Gasteiger charge is 2.24. The van der Waals surface area contributed by atoms with Crippen LogP contribution >= 0.6 is 0 Å². The van der Waals surface area contributed by atoms with Gasteiger partial charge in [0.15, 0.2) is 11.8 Å². The van der Waals surface area contributed by atoms with E-state index in [0.717, 1.165) is 50.1 Å². The Morgan fingerprint density at radius 1 is 0.757 bits per heavy atom. The molecule has 178 valence electrons. The van der Waals surface area contributed by atoms with E-state index in [0.29, 0.717) is 11.1 Å². The van der Waals surface area contributed by atoms with Gasteiger partial charge < -0.3 is 9.32 Å². The summed E-state index contributed by atoms with van der Waals surface area (Å²) >= 11 is 0. The van der Waals surface area contributed by atoms with Crippen LogP contribution in [0, 0.1) is 18.3 Å². The molecule has 0 fully saturated rings. The lowest BCUT2D eigenvalue weighted by molar-refractivity contribution is -0.660. The number of nitrogens with zero attached hydrogens (tertiary/aromatic N) is 3. The lowest BCUT2D eigenvalue weighted by Crippen LogP contribution is -2.30. The van der Waals surface area contributed by atoms with E-state index < -0.39 is 0 Å². The molecule has 0 aliphatic rings. The van der Waals surface area contributed by atoms with Crippen molar-refractivity contribution in [1.82, 2.24) is 0 Å². The zero-order chi connectivity index (χ0) is 25.5. The van der Waals surface area contributed by atoms with Crippen LogP contribution in [0.1, 0.15) is 11.1 Å². The minimum absolute atomic E-state index is 0.574. The lowest BCUT2D eigenvalue weighted by atomic mass is 10.00. The minimum Gasteiger partial charge on any atom is -0.453 e. The van der Waals surface area contributed by atoms with E-state index in [-0.39, 0.29) is 0 Å². The van der Waals surface area contributed by atoms with Crippen molar-refractivity contribution >= 4 is 33.3 Å². The van der Waals surface area contributed by atoms with Gasteiger partial charge in [-0.15, -0.1) is 0 Å². The normalized spacial score (nSPS) is 11.1. The second-order valence-electron chi connectivity index (χ2n) is 9.36. The summed E-state index contributed by atoms with van der Waals surface area (Å²) in [5, 5.41) is 12.1. The Balaban J connectivity index is 1.54. The van der Waals surface area contributed by atoms with Crippen molar-refractivity contribution in [3.8, 4) is 28.5 Å². The van der Waals surface area contributed by atoms with Gasteiger partial charge in [-0.2, -0.15) is 5.26 Å². The number of pyridine rings is 1. The number of nitriles is 1. The van der Waals surface area contributed by atoms with Crippen molar-refractivity contribution in [1.29, 1.82) is 5.26 Å². The summed E-state index contributed by atoms with van der Waals surface area (Å²) in [4.78, 5) is 2.05. The largest absolute Gasteiger partial charge is 0.453 e. The van der Waals surface area contributed by atoms with E-state index in [1.807, 2.05) is 67.7 Å². The standard InChI is InChI=1S/C33H26N3O/c1-22-12-18-27-28-19-15-25(21-34)31(33(28)37-32(27)30(22)29-11-7-8-20-35(29)2)36(3)26-16-13-24(14-17-26)23-9-5-4-6-10-23/h4-20H,1-3H3/q+1. The summed E-state index contributed by atoms with van der Waals surface area (Å²) in [6.45, 7) is 2.11. The molecule has 2 aromatic heterocycles. The number of benzene rings is 4. The predicted molar refractivity (Wildman–Crippen MR) is 150 cm³/mol. The molecule has 0 saturated carbocycles. The fourth-order valence-corrected chi connectivity index (χ4v) is 5.15. The van der Waals surface area contributed by atoms with Crippen LogP contribution in [0.2, 0.25) is 0 Å². The molecule has 0 unspecified atom stereocenters. The predicted octanol–water partition coefficient (Wildman–Crippen LogP) is 7.69. The van der Waals surface area contributed by atoms with Gasteiger partial charge in [-0.05, 0) is 53.9 Å². The van der Waals surface area contributed by atoms with Gasteiger partial charge in [0.25, 0.3) is 0 Å². The average molecular weight is 481 g/mol. The molecule has 0 radical (unpaired) electrons. The molecule has 0 aliphatic carbocycles. The fraction of sp³-hybridized carbons (Fsp3) is 0.0909. The maximum absolute atomic E-state index is 10.0. The Bertz CT molecular complexity index is 1810. The average Bonchev–Trinajstić information content (AvgIpc) is 3.32. The summed E-state index contributed by atoms with van der Waals surface area (Å²) < 4.78 is 8.79. The van der Waals surface area contributed by atoms with Gasteiger partial charge in [0.1, 0.15) is 24.4 Å². The molecule has 4 aromatic carbocycles. The van der Waals surface area contributed by atoms with E-state index in [2.05, 4.69) is 72.2 Å². The highest BCUT2D eigenvalue weighted by atomic mass is 16.3. The van der Waals surface area contributed by atoms with Crippen LogP contribution in [-0.4, -0.2) is 7.05 Å². The molecular weight excluding hydrogens is 454 g/mol. The van der Waals surface area contributed by atoms with Crippen LogP contribution in [0.5, 0.6) is 0 Å². The zero-order valence-electron chi connectivity index (χ0n) is 21.1. The molecule has 4 heteroatoms. The number of hydrogen-bond donors (Lipinski definition) is 0. The minimum atomic E-state index is 0.574. The second-order valence-corrected chi connectivity index (χ2v) is 9.36. The van der Waals surface area contributed by atoms with Gasteiger partial charge in [0.2, 0.25) is 5.69 Å². The van der Waals surface area contributed by atoms with Gasteiger partial charge in [-0.3, -0.25) is 0 Å². The van der Waals surface area contributed by atoms with Crippen LogP contribution in [0.15, 0.2) is 108 Å². The van der Waals surface area contributed by atoms with Crippen molar-refractivity contribution in [2.75, 3.05) is 11.9 Å². The monoisotopic (exact) mass is 480 g/mol. The summed E-state index contributed by atoms with van der Waals surface area (Å²) in [6.07, 6.45) is 2.04. The number of fused-ring (bicyclic) bond motifs is 3. The van der Waals surface area contributed by atoms with Crippen molar-refractivity contribution < 1.29 is 8.98 Å². The number of hydrogen-bond acceptors (Lipinski definition) is 3. The summed E-state index contributed by atoms with van der Waals surface area (Å²) in [5.41, 5.74) is 9.48. The molecule has 6 aromatic rings. The fourth-order valence-electron chi connectivity index (χ4n) is 5.15. The number of anilines is 2. The molecule has 0 atom stereocenters. The first-order chi connectivity index (χ1) is 18.1. The van der Waals surface area contributed by atoms with Gasteiger partial charge in [-0.1, -0.05) is 54.6 Å². The molecule has 4 nitrogen and oxygen atoms in total. The molecule has 2 heterocycles. The Hall–Kier alpha value is -4.88. The maximum Gasteiger partial charge on any atom is 0.216 e. The molecule has 6 rings (SSSR count).